The third-order valence-corrected chi connectivity index (χ3v) is 4.28. The zero-order valence-electron chi connectivity index (χ0n) is 15.3. The Bertz CT molecular complexity index is 803. The summed E-state index contributed by atoms with van der Waals surface area (Å²) in [5.41, 5.74) is 4.46. The third-order valence-electron chi connectivity index (χ3n) is 4.28. The minimum absolute atomic E-state index is 0.0383. The highest BCUT2D eigenvalue weighted by atomic mass is 15.5. The van der Waals surface area contributed by atoms with Crippen molar-refractivity contribution in [2.24, 2.45) is 5.92 Å². The maximum absolute atomic E-state index is 4.36. The van der Waals surface area contributed by atoms with E-state index in [0.717, 1.165) is 34.7 Å². The minimum atomic E-state index is 0.0383. The molecule has 3 rings (SSSR count). The van der Waals surface area contributed by atoms with E-state index in [-0.39, 0.29) is 6.04 Å². The van der Waals surface area contributed by atoms with Gasteiger partial charge in [0.15, 0.2) is 5.82 Å². The topological polar surface area (TPSA) is 55.6 Å². The van der Waals surface area contributed by atoms with Crippen LogP contribution in [0.1, 0.15) is 43.3 Å². The van der Waals surface area contributed by atoms with Gasteiger partial charge in [-0.3, -0.25) is 0 Å². The number of nitrogens with one attached hydrogen (secondary N) is 1. The van der Waals surface area contributed by atoms with Crippen LogP contribution in [0.3, 0.4) is 0 Å². The predicted molar refractivity (Wildman–Crippen MR) is 101 cm³/mol. The normalized spacial score (nSPS) is 12.4. The van der Waals surface area contributed by atoms with Crippen LogP contribution in [0.15, 0.2) is 48.5 Å². The Morgan fingerprint density at radius 2 is 1.64 bits per heavy atom. The van der Waals surface area contributed by atoms with Crippen LogP contribution >= 0.6 is 0 Å². The number of aromatic nitrogens is 4. The van der Waals surface area contributed by atoms with E-state index in [0.29, 0.717) is 5.92 Å². The van der Waals surface area contributed by atoms with Crippen LogP contribution in [0.2, 0.25) is 0 Å². The van der Waals surface area contributed by atoms with Gasteiger partial charge < -0.3 is 5.32 Å². The number of nitrogens with zero attached hydrogens (tertiary/aromatic N) is 4. The molecular weight excluding hydrogens is 310 g/mol. The predicted octanol–water partition coefficient (Wildman–Crippen LogP) is 4.48. The Labute approximate surface area is 149 Å². The lowest BCUT2D eigenvalue weighted by atomic mass is 10.0. The molecule has 1 N–H and O–H groups in total. The van der Waals surface area contributed by atoms with Crippen LogP contribution in [0, 0.1) is 19.8 Å². The lowest BCUT2D eigenvalue weighted by Crippen LogP contribution is -2.19. The Balaban J connectivity index is 2.01. The summed E-state index contributed by atoms with van der Waals surface area (Å²) in [4.78, 5) is 0. The largest absolute Gasteiger partial charge is 0.375 e. The number of anilines is 1. The van der Waals surface area contributed by atoms with E-state index < -0.39 is 0 Å². The van der Waals surface area contributed by atoms with Crippen molar-refractivity contribution >= 4 is 5.69 Å². The molecule has 0 aliphatic rings. The molecule has 1 aromatic heterocycles. The van der Waals surface area contributed by atoms with Crippen LogP contribution in [0.4, 0.5) is 5.69 Å². The highest BCUT2D eigenvalue weighted by molar-refractivity contribution is 5.48. The van der Waals surface area contributed by atoms with Crippen LogP contribution in [-0.2, 0) is 0 Å². The van der Waals surface area contributed by atoms with Gasteiger partial charge in [-0.1, -0.05) is 50.2 Å². The summed E-state index contributed by atoms with van der Waals surface area (Å²) in [6.07, 6.45) is 0.945. The lowest BCUT2D eigenvalue weighted by molar-refractivity contribution is 0.507. The van der Waals surface area contributed by atoms with Gasteiger partial charge in [0.2, 0.25) is 0 Å². The molecule has 0 fully saturated rings. The van der Waals surface area contributed by atoms with Gasteiger partial charge in [0.1, 0.15) is 0 Å². The molecule has 0 saturated heterocycles. The summed E-state index contributed by atoms with van der Waals surface area (Å²) in [5.74, 6) is 1.36. The summed E-state index contributed by atoms with van der Waals surface area (Å²) < 4.78 is 1.88. The number of hydrogen-bond donors (Lipinski definition) is 1. The first-order valence-electron chi connectivity index (χ1n) is 8.72. The molecule has 0 aliphatic heterocycles. The van der Waals surface area contributed by atoms with Gasteiger partial charge in [-0.25, -0.2) is 0 Å². The highest BCUT2D eigenvalue weighted by Gasteiger charge is 2.22. The van der Waals surface area contributed by atoms with Crippen LogP contribution in [0.5, 0.6) is 0 Å². The van der Waals surface area contributed by atoms with Crippen LogP contribution in [0.25, 0.3) is 5.69 Å². The Morgan fingerprint density at radius 1 is 0.960 bits per heavy atom. The fourth-order valence-corrected chi connectivity index (χ4v) is 3.15. The molecule has 1 heterocycles. The van der Waals surface area contributed by atoms with Gasteiger partial charge in [0.25, 0.3) is 0 Å². The van der Waals surface area contributed by atoms with E-state index in [1.165, 1.54) is 0 Å². The molecule has 3 aromatic rings. The molecule has 25 heavy (non-hydrogen) atoms. The zero-order valence-corrected chi connectivity index (χ0v) is 15.3. The Morgan fingerprint density at radius 3 is 2.28 bits per heavy atom. The average Bonchev–Trinajstić information content (AvgIpc) is 3.04. The summed E-state index contributed by atoms with van der Waals surface area (Å²) in [6.45, 7) is 8.62. The van der Waals surface area contributed by atoms with Crippen LogP contribution < -0.4 is 5.32 Å². The number of aryl methyl sites for hydroxylation is 2. The fourth-order valence-electron chi connectivity index (χ4n) is 3.15. The molecule has 0 radical (unpaired) electrons. The number of para-hydroxylation sites is 2. The van der Waals surface area contributed by atoms with Gasteiger partial charge in [0.05, 0.1) is 11.7 Å². The number of tetrazole rings is 1. The van der Waals surface area contributed by atoms with E-state index >= 15 is 0 Å². The summed E-state index contributed by atoms with van der Waals surface area (Å²) in [6, 6.07) is 16.5. The van der Waals surface area contributed by atoms with Crippen molar-refractivity contribution in [3.63, 3.8) is 0 Å². The van der Waals surface area contributed by atoms with Crippen molar-refractivity contribution < 1.29 is 0 Å². The van der Waals surface area contributed by atoms with Gasteiger partial charge in [-0.2, -0.15) is 4.68 Å². The molecular formula is C20H25N5. The van der Waals surface area contributed by atoms with Gasteiger partial charge in [-0.05, 0) is 59.9 Å². The molecule has 0 bridgehead atoms. The van der Waals surface area contributed by atoms with Crippen molar-refractivity contribution in [3.8, 4) is 5.69 Å². The second-order valence-corrected chi connectivity index (χ2v) is 6.88. The second kappa shape index (κ2) is 7.47. The molecule has 0 amide bonds. The molecule has 1 atom stereocenters. The quantitative estimate of drug-likeness (QED) is 0.721. The third kappa shape index (κ3) is 3.87. The standard InChI is InChI=1S/C20H25N5/c1-14(2)13-18(21-17-11-6-5-7-12-17)20-22-23-24-25(20)19-15(3)9-8-10-16(19)4/h5-12,14,18,21H,13H2,1-4H3. The highest BCUT2D eigenvalue weighted by Crippen LogP contribution is 2.27. The van der Waals surface area contributed by atoms with E-state index in [9.17, 15) is 0 Å². The van der Waals surface area contributed by atoms with Crippen LogP contribution in [-0.4, -0.2) is 20.2 Å². The zero-order chi connectivity index (χ0) is 17.8. The van der Waals surface area contributed by atoms with Gasteiger partial charge in [0, 0.05) is 5.69 Å². The second-order valence-electron chi connectivity index (χ2n) is 6.88. The van der Waals surface area contributed by atoms with Crippen molar-refractivity contribution in [1.82, 2.24) is 20.2 Å². The monoisotopic (exact) mass is 335 g/mol. The lowest BCUT2D eigenvalue weighted by Gasteiger charge is -2.22. The molecule has 1 unspecified atom stereocenters. The average molecular weight is 335 g/mol. The molecule has 5 heteroatoms. The molecule has 2 aromatic carbocycles. The van der Waals surface area contributed by atoms with Crippen molar-refractivity contribution in [3.05, 3.63) is 65.5 Å². The van der Waals surface area contributed by atoms with E-state index in [1.54, 1.807) is 0 Å². The number of hydrogen-bond acceptors (Lipinski definition) is 4. The minimum Gasteiger partial charge on any atom is -0.375 e. The van der Waals surface area contributed by atoms with E-state index in [2.05, 4.69) is 78.9 Å². The first-order chi connectivity index (χ1) is 12.1. The van der Waals surface area contributed by atoms with Crippen molar-refractivity contribution in [1.29, 1.82) is 0 Å². The smallest absolute Gasteiger partial charge is 0.178 e. The molecule has 130 valence electrons. The summed E-state index contributed by atoms with van der Waals surface area (Å²) in [7, 11) is 0. The molecule has 5 nitrogen and oxygen atoms in total. The molecule has 0 aliphatic carbocycles. The molecule has 0 spiro atoms. The van der Waals surface area contributed by atoms with Gasteiger partial charge in [-0.15, -0.1) is 5.10 Å². The maximum Gasteiger partial charge on any atom is 0.178 e. The van der Waals surface area contributed by atoms with Crippen molar-refractivity contribution in [2.75, 3.05) is 5.32 Å². The molecule has 0 saturated carbocycles. The number of rotatable bonds is 6. The Kier molecular flexibility index (Phi) is 5.12. The summed E-state index contributed by atoms with van der Waals surface area (Å²) in [5, 5.41) is 16.2. The fraction of sp³-hybridized carbons (Fsp3) is 0.350. The number of benzene rings is 2. The van der Waals surface area contributed by atoms with Crippen molar-refractivity contribution in [2.45, 2.75) is 40.2 Å². The first kappa shape index (κ1) is 17.1. The van der Waals surface area contributed by atoms with E-state index in [1.807, 2.05) is 22.9 Å². The Hall–Kier alpha value is -2.69. The van der Waals surface area contributed by atoms with E-state index in [4.69, 9.17) is 0 Å². The van der Waals surface area contributed by atoms with Gasteiger partial charge >= 0.3 is 0 Å². The maximum atomic E-state index is 4.36. The SMILES string of the molecule is Cc1cccc(C)c1-n1nnnc1C(CC(C)C)Nc1ccccc1. The first-order valence-corrected chi connectivity index (χ1v) is 8.72. The summed E-state index contributed by atoms with van der Waals surface area (Å²) >= 11 is 0.